The number of hydrogen-bond acceptors (Lipinski definition) is 2. The number of nitrogens with one attached hydrogen (secondary N) is 1. The van der Waals surface area contributed by atoms with Crippen LogP contribution in [0.3, 0.4) is 0 Å². The quantitative estimate of drug-likeness (QED) is 0.880. The van der Waals surface area contributed by atoms with Crippen molar-refractivity contribution in [3.05, 3.63) is 34.6 Å². The molecule has 1 aromatic carbocycles. The van der Waals surface area contributed by atoms with Crippen molar-refractivity contribution in [3.8, 4) is 0 Å². The first-order chi connectivity index (χ1) is 7.77. The molecule has 0 aromatic heterocycles. The highest BCUT2D eigenvalue weighted by Gasteiger charge is 2.14. The molecule has 1 heterocycles. The highest BCUT2D eigenvalue weighted by Crippen LogP contribution is 2.21. The number of benzene rings is 1. The van der Waals surface area contributed by atoms with Crippen LogP contribution in [0.4, 0.5) is 4.39 Å². The van der Waals surface area contributed by atoms with Crippen LogP contribution in [-0.4, -0.2) is 25.8 Å². The molecule has 1 unspecified atom stereocenters. The van der Waals surface area contributed by atoms with Gasteiger partial charge in [0.2, 0.25) is 0 Å². The van der Waals surface area contributed by atoms with Crippen molar-refractivity contribution < 1.29 is 9.13 Å². The molecule has 16 heavy (non-hydrogen) atoms. The molecule has 1 saturated heterocycles. The first-order valence-corrected chi connectivity index (χ1v) is 5.89. The molecule has 1 aliphatic rings. The molecular weight excluding hydrogens is 229 g/mol. The van der Waals surface area contributed by atoms with Gasteiger partial charge in [0.25, 0.3) is 0 Å². The summed E-state index contributed by atoms with van der Waals surface area (Å²) in [6, 6.07) is 5.12. The topological polar surface area (TPSA) is 21.3 Å². The van der Waals surface area contributed by atoms with Gasteiger partial charge in [-0.05, 0) is 25.0 Å². The zero-order valence-corrected chi connectivity index (χ0v) is 9.77. The Morgan fingerprint density at radius 3 is 3.06 bits per heavy atom. The summed E-state index contributed by atoms with van der Waals surface area (Å²) >= 11 is 5.96. The first kappa shape index (κ1) is 11.8. The Morgan fingerprint density at radius 2 is 2.38 bits per heavy atom. The first-order valence-electron chi connectivity index (χ1n) is 5.51. The van der Waals surface area contributed by atoms with Crippen molar-refractivity contribution >= 4 is 11.6 Å². The minimum absolute atomic E-state index is 0.218. The summed E-state index contributed by atoms with van der Waals surface area (Å²) in [5.41, 5.74) is 0.608. The second kappa shape index (κ2) is 5.62. The van der Waals surface area contributed by atoms with E-state index in [2.05, 4.69) is 5.32 Å². The Kier molecular flexibility index (Phi) is 4.16. The van der Waals surface area contributed by atoms with Gasteiger partial charge in [-0.1, -0.05) is 17.7 Å². The van der Waals surface area contributed by atoms with Crippen LogP contribution in [0.15, 0.2) is 18.2 Å². The van der Waals surface area contributed by atoms with Crippen molar-refractivity contribution in [2.45, 2.75) is 18.9 Å². The molecule has 1 fully saturated rings. The summed E-state index contributed by atoms with van der Waals surface area (Å²) in [6.07, 6.45) is 1.49. The van der Waals surface area contributed by atoms with Gasteiger partial charge in [-0.15, -0.1) is 0 Å². The number of halogens is 2. The van der Waals surface area contributed by atoms with Crippen LogP contribution in [0.1, 0.15) is 12.0 Å². The van der Waals surface area contributed by atoms with Gasteiger partial charge in [0.05, 0.1) is 13.2 Å². The van der Waals surface area contributed by atoms with Gasteiger partial charge in [0.1, 0.15) is 5.82 Å². The van der Waals surface area contributed by atoms with E-state index in [1.54, 1.807) is 12.1 Å². The Morgan fingerprint density at radius 1 is 1.50 bits per heavy atom. The molecule has 1 aliphatic heterocycles. The van der Waals surface area contributed by atoms with Crippen LogP contribution in [0.5, 0.6) is 0 Å². The number of morpholine rings is 1. The summed E-state index contributed by atoms with van der Waals surface area (Å²) in [5, 5.41) is 3.85. The van der Waals surface area contributed by atoms with E-state index in [0.717, 1.165) is 19.6 Å². The SMILES string of the molecule is Fc1cccc(Cl)c1CCC1COCCN1. The monoisotopic (exact) mass is 243 g/mol. The van der Waals surface area contributed by atoms with Crippen LogP contribution in [0.25, 0.3) is 0 Å². The van der Waals surface area contributed by atoms with Gasteiger partial charge in [-0.25, -0.2) is 4.39 Å². The molecule has 1 atom stereocenters. The molecule has 2 rings (SSSR count). The lowest BCUT2D eigenvalue weighted by Crippen LogP contribution is -2.41. The lowest BCUT2D eigenvalue weighted by Gasteiger charge is -2.23. The van der Waals surface area contributed by atoms with Gasteiger partial charge in [0, 0.05) is 23.2 Å². The normalized spacial score (nSPS) is 21.0. The second-order valence-corrected chi connectivity index (χ2v) is 4.37. The van der Waals surface area contributed by atoms with E-state index in [9.17, 15) is 4.39 Å². The predicted octanol–water partition coefficient (Wildman–Crippen LogP) is 2.40. The smallest absolute Gasteiger partial charge is 0.127 e. The third kappa shape index (κ3) is 2.94. The van der Waals surface area contributed by atoms with Gasteiger partial charge in [-0.3, -0.25) is 0 Å². The van der Waals surface area contributed by atoms with Crippen molar-refractivity contribution in [3.63, 3.8) is 0 Å². The van der Waals surface area contributed by atoms with Crippen molar-refractivity contribution in [1.29, 1.82) is 0 Å². The fourth-order valence-corrected chi connectivity index (χ4v) is 2.15. The molecule has 0 amide bonds. The average molecular weight is 244 g/mol. The van der Waals surface area contributed by atoms with Crippen LogP contribution in [0.2, 0.25) is 5.02 Å². The van der Waals surface area contributed by atoms with Crippen LogP contribution < -0.4 is 5.32 Å². The third-order valence-electron chi connectivity index (χ3n) is 2.80. The molecule has 1 N–H and O–H groups in total. The molecule has 0 radical (unpaired) electrons. The van der Waals surface area contributed by atoms with E-state index < -0.39 is 0 Å². The Bertz CT molecular complexity index is 333. The van der Waals surface area contributed by atoms with E-state index in [1.807, 2.05) is 0 Å². The van der Waals surface area contributed by atoms with E-state index in [1.165, 1.54) is 6.07 Å². The van der Waals surface area contributed by atoms with Crippen molar-refractivity contribution in [1.82, 2.24) is 5.32 Å². The summed E-state index contributed by atoms with van der Waals surface area (Å²) in [6.45, 7) is 2.33. The Hall–Kier alpha value is -0.640. The lowest BCUT2D eigenvalue weighted by molar-refractivity contribution is 0.0743. The van der Waals surface area contributed by atoms with Gasteiger partial charge in [0.15, 0.2) is 0 Å². The van der Waals surface area contributed by atoms with E-state index in [4.69, 9.17) is 16.3 Å². The molecular formula is C12H15ClFNO. The van der Waals surface area contributed by atoms with Gasteiger partial charge >= 0.3 is 0 Å². The molecule has 0 bridgehead atoms. The van der Waals surface area contributed by atoms with Crippen LogP contribution in [-0.2, 0) is 11.2 Å². The van der Waals surface area contributed by atoms with E-state index >= 15 is 0 Å². The minimum Gasteiger partial charge on any atom is -0.379 e. The fraction of sp³-hybridized carbons (Fsp3) is 0.500. The number of rotatable bonds is 3. The molecule has 2 nitrogen and oxygen atoms in total. The zero-order valence-electron chi connectivity index (χ0n) is 9.01. The highest BCUT2D eigenvalue weighted by molar-refractivity contribution is 6.31. The average Bonchev–Trinajstić information content (AvgIpc) is 2.30. The highest BCUT2D eigenvalue weighted by atomic mass is 35.5. The standard InChI is InChI=1S/C12H15ClFNO/c13-11-2-1-3-12(14)10(11)5-4-9-8-16-7-6-15-9/h1-3,9,15H,4-8H2. The predicted molar refractivity (Wildman–Crippen MR) is 62.3 cm³/mol. The van der Waals surface area contributed by atoms with E-state index in [-0.39, 0.29) is 5.82 Å². The summed E-state index contributed by atoms with van der Waals surface area (Å²) < 4.78 is 18.8. The van der Waals surface area contributed by atoms with Gasteiger partial charge in [-0.2, -0.15) is 0 Å². The van der Waals surface area contributed by atoms with Crippen molar-refractivity contribution in [2.75, 3.05) is 19.8 Å². The molecule has 0 saturated carbocycles. The Balaban J connectivity index is 1.93. The van der Waals surface area contributed by atoms with Gasteiger partial charge < -0.3 is 10.1 Å². The number of hydrogen-bond donors (Lipinski definition) is 1. The molecule has 0 aliphatic carbocycles. The summed E-state index contributed by atoms with van der Waals surface area (Å²) in [4.78, 5) is 0. The third-order valence-corrected chi connectivity index (χ3v) is 3.16. The Labute approximate surface area is 99.7 Å². The summed E-state index contributed by atoms with van der Waals surface area (Å²) in [5.74, 6) is -0.218. The maximum atomic E-state index is 13.5. The number of ether oxygens (including phenoxy) is 1. The maximum Gasteiger partial charge on any atom is 0.127 e. The fourth-order valence-electron chi connectivity index (χ4n) is 1.89. The minimum atomic E-state index is -0.218. The summed E-state index contributed by atoms with van der Waals surface area (Å²) in [7, 11) is 0. The zero-order chi connectivity index (χ0) is 11.4. The second-order valence-electron chi connectivity index (χ2n) is 3.96. The molecule has 4 heteroatoms. The molecule has 88 valence electrons. The van der Waals surface area contributed by atoms with Crippen molar-refractivity contribution in [2.24, 2.45) is 0 Å². The largest absolute Gasteiger partial charge is 0.379 e. The van der Waals surface area contributed by atoms with Crippen LogP contribution >= 0.6 is 11.6 Å². The molecule has 0 spiro atoms. The maximum absolute atomic E-state index is 13.5. The molecule has 1 aromatic rings. The van der Waals surface area contributed by atoms with E-state index in [0.29, 0.717) is 29.7 Å². The van der Waals surface area contributed by atoms with Crippen LogP contribution in [0, 0.1) is 5.82 Å². The lowest BCUT2D eigenvalue weighted by atomic mass is 10.0.